The molecule has 10 nitrogen and oxygen atoms in total. The Hall–Kier alpha value is -3.76. The Labute approximate surface area is 221 Å². The fourth-order valence-corrected chi connectivity index (χ4v) is 5.34. The van der Waals surface area contributed by atoms with Crippen molar-refractivity contribution in [1.29, 1.82) is 0 Å². The maximum Gasteiger partial charge on any atom is 0.259 e. The van der Waals surface area contributed by atoms with Gasteiger partial charge in [0.25, 0.3) is 5.91 Å². The molecule has 10 heteroatoms. The van der Waals surface area contributed by atoms with Gasteiger partial charge in [-0.2, -0.15) is 0 Å². The molecule has 0 unspecified atom stereocenters. The molecule has 3 aromatic heterocycles. The highest BCUT2D eigenvalue weighted by molar-refractivity contribution is 6.05. The summed E-state index contributed by atoms with van der Waals surface area (Å²) in [6, 6.07) is 11.3. The number of hydrogen-bond acceptors (Lipinski definition) is 7. The molecule has 0 aliphatic carbocycles. The van der Waals surface area contributed by atoms with E-state index in [0.29, 0.717) is 35.6 Å². The Balaban J connectivity index is 1.66. The molecule has 0 spiro atoms. The highest BCUT2D eigenvalue weighted by atomic mass is 16.2. The molecule has 1 aromatic carbocycles. The second-order valence-electron chi connectivity index (χ2n) is 10.2. The van der Waals surface area contributed by atoms with Gasteiger partial charge in [0.05, 0.1) is 23.0 Å². The van der Waals surface area contributed by atoms with Crippen LogP contribution in [0.1, 0.15) is 23.2 Å². The number of amides is 1. The first kappa shape index (κ1) is 25.9. The fraction of sp³-hybridized carbons (Fsp3) is 0.429. The first-order valence-electron chi connectivity index (χ1n) is 13.2. The van der Waals surface area contributed by atoms with E-state index in [0.717, 1.165) is 43.5 Å². The summed E-state index contributed by atoms with van der Waals surface area (Å²) >= 11 is 0. The Bertz CT molecular complexity index is 1550. The standard InChI is InChI=1S/C28H35N7O3/c1-31(2)16-17-34(18-19-36)23-11-10-20-25(37)24(27(38)29-12-15-33-13-6-7-14-33)28-32(3)21-8-4-5-9-22(21)35(28)26(20)30-23/h4-5,8-11,19H,6-7,12-18H2,1-3H3,(H,29,38). The maximum atomic E-state index is 13.8. The van der Waals surface area contributed by atoms with E-state index < -0.39 is 0 Å². The summed E-state index contributed by atoms with van der Waals surface area (Å²) in [5, 5.41) is 3.36. The molecule has 1 aliphatic rings. The van der Waals surface area contributed by atoms with E-state index in [2.05, 4.69) is 10.2 Å². The Morgan fingerprint density at radius 3 is 2.53 bits per heavy atom. The molecule has 1 saturated heterocycles. The van der Waals surface area contributed by atoms with Gasteiger partial charge in [0, 0.05) is 33.2 Å². The first-order valence-corrected chi connectivity index (χ1v) is 13.2. The van der Waals surface area contributed by atoms with Crippen LogP contribution in [0.5, 0.6) is 0 Å². The van der Waals surface area contributed by atoms with Crippen LogP contribution >= 0.6 is 0 Å². The lowest BCUT2D eigenvalue weighted by Gasteiger charge is -2.23. The predicted molar refractivity (Wildman–Crippen MR) is 150 cm³/mol. The van der Waals surface area contributed by atoms with Crippen LogP contribution < -0.4 is 15.6 Å². The van der Waals surface area contributed by atoms with Crippen molar-refractivity contribution < 1.29 is 9.59 Å². The number of anilines is 1. The fourth-order valence-electron chi connectivity index (χ4n) is 5.34. The predicted octanol–water partition coefficient (Wildman–Crippen LogP) is 1.73. The summed E-state index contributed by atoms with van der Waals surface area (Å²) in [6.07, 6.45) is 3.23. The number of aldehydes is 1. The molecule has 1 aliphatic heterocycles. The number of aromatic nitrogens is 3. The first-order chi connectivity index (χ1) is 18.4. The summed E-state index contributed by atoms with van der Waals surface area (Å²) in [4.78, 5) is 50.0. The van der Waals surface area contributed by atoms with Crippen molar-refractivity contribution >= 4 is 45.7 Å². The summed E-state index contributed by atoms with van der Waals surface area (Å²) in [5.41, 5.74) is 2.47. The number of para-hydroxylation sites is 2. The number of rotatable bonds is 10. The number of likely N-dealkylation sites (N-methyl/N-ethyl adjacent to an activating group) is 1. The van der Waals surface area contributed by atoms with Crippen LogP contribution in [0, 0.1) is 0 Å². The third-order valence-corrected chi connectivity index (χ3v) is 7.36. The largest absolute Gasteiger partial charge is 0.351 e. The summed E-state index contributed by atoms with van der Waals surface area (Å²) in [5.74, 6) is 0.229. The van der Waals surface area contributed by atoms with Gasteiger partial charge in [-0.25, -0.2) is 4.98 Å². The van der Waals surface area contributed by atoms with Crippen LogP contribution in [0.2, 0.25) is 0 Å². The number of imidazole rings is 1. The second-order valence-corrected chi connectivity index (χ2v) is 10.2. The number of likely N-dealkylation sites (tertiary alicyclic amines) is 1. The van der Waals surface area contributed by atoms with Crippen molar-refractivity contribution in [3.05, 3.63) is 52.2 Å². The number of aryl methyl sites for hydroxylation is 1. The Morgan fingerprint density at radius 2 is 1.82 bits per heavy atom. The van der Waals surface area contributed by atoms with E-state index in [1.165, 1.54) is 12.8 Å². The van der Waals surface area contributed by atoms with Crippen LogP contribution in [0.4, 0.5) is 5.82 Å². The van der Waals surface area contributed by atoms with E-state index in [1.807, 2.05) is 64.2 Å². The average molecular weight is 518 g/mol. The van der Waals surface area contributed by atoms with Gasteiger partial charge >= 0.3 is 0 Å². The van der Waals surface area contributed by atoms with Crippen molar-refractivity contribution in [3.63, 3.8) is 0 Å². The second kappa shape index (κ2) is 10.9. The van der Waals surface area contributed by atoms with Gasteiger partial charge in [-0.15, -0.1) is 0 Å². The number of benzene rings is 1. The van der Waals surface area contributed by atoms with Gasteiger partial charge in [0.1, 0.15) is 23.3 Å². The van der Waals surface area contributed by atoms with E-state index in [1.54, 1.807) is 12.1 Å². The lowest BCUT2D eigenvalue weighted by molar-refractivity contribution is -0.106. The average Bonchev–Trinajstić information content (AvgIpc) is 3.53. The molecule has 5 rings (SSSR count). The molecular weight excluding hydrogens is 482 g/mol. The molecule has 0 radical (unpaired) electrons. The van der Waals surface area contributed by atoms with E-state index in [-0.39, 0.29) is 23.4 Å². The zero-order valence-electron chi connectivity index (χ0n) is 22.3. The number of nitrogens with zero attached hydrogens (tertiary/aromatic N) is 6. The quantitative estimate of drug-likeness (QED) is 0.320. The normalized spacial score (nSPS) is 14.2. The molecule has 0 atom stereocenters. The van der Waals surface area contributed by atoms with Crippen LogP contribution in [-0.2, 0) is 11.8 Å². The van der Waals surface area contributed by atoms with Gasteiger partial charge < -0.3 is 29.4 Å². The SMILES string of the molecule is CN(C)CCN(CC=O)c1ccc2c(=O)c(C(=O)NCCN3CCCC3)c3n(C)c4ccccc4n3c2n1. The van der Waals surface area contributed by atoms with Gasteiger partial charge in [-0.05, 0) is 64.3 Å². The minimum Gasteiger partial charge on any atom is -0.351 e. The minimum absolute atomic E-state index is 0.115. The lowest BCUT2D eigenvalue weighted by atomic mass is 10.1. The zero-order valence-corrected chi connectivity index (χ0v) is 22.3. The summed E-state index contributed by atoms with van der Waals surface area (Å²) < 4.78 is 3.78. The lowest BCUT2D eigenvalue weighted by Crippen LogP contribution is -2.36. The summed E-state index contributed by atoms with van der Waals surface area (Å²) in [6.45, 7) is 4.89. The summed E-state index contributed by atoms with van der Waals surface area (Å²) in [7, 11) is 5.82. The zero-order chi connectivity index (χ0) is 26.8. The number of carbonyl (C=O) groups is 2. The molecule has 1 amide bonds. The van der Waals surface area contributed by atoms with E-state index >= 15 is 0 Å². The number of carbonyl (C=O) groups excluding carboxylic acids is 2. The third-order valence-electron chi connectivity index (χ3n) is 7.36. The molecular formula is C28H35N7O3. The molecule has 4 aromatic rings. The number of pyridine rings is 2. The number of fused-ring (bicyclic) bond motifs is 5. The molecule has 38 heavy (non-hydrogen) atoms. The number of hydrogen-bond donors (Lipinski definition) is 1. The van der Waals surface area contributed by atoms with Gasteiger partial charge in [-0.3, -0.25) is 14.0 Å². The minimum atomic E-state index is -0.378. The van der Waals surface area contributed by atoms with Crippen LogP contribution in [0.25, 0.3) is 27.7 Å². The topological polar surface area (TPSA) is 95.2 Å². The molecule has 1 N–H and O–H groups in total. The van der Waals surface area contributed by atoms with E-state index in [4.69, 9.17) is 4.98 Å². The van der Waals surface area contributed by atoms with Crippen molar-refractivity contribution in [2.24, 2.45) is 7.05 Å². The molecule has 200 valence electrons. The van der Waals surface area contributed by atoms with Crippen LogP contribution in [0.3, 0.4) is 0 Å². The third kappa shape index (κ3) is 4.77. The van der Waals surface area contributed by atoms with Crippen molar-refractivity contribution in [1.82, 2.24) is 29.1 Å². The van der Waals surface area contributed by atoms with Crippen molar-refractivity contribution in [2.75, 3.05) is 64.8 Å². The van der Waals surface area contributed by atoms with Crippen LogP contribution in [-0.4, -0.2) is 95.9 Å². The molecule has 4 heterocycles. The Kier molecular flexibility index (Phi) is 7.44. The van der Waals surface area contributed by atoms with E-state index in [9.17, 15) is 14.4 Å². The van der Waals surface area contributed by atoms with Crippen LogP contribution in [0.15, 0.2) is 41.2 Å². The molecule has 0 saturated carbocycles. The van der Waals surface area contributed by atoms with Gasteiger partial charge in [0.2, 0.25) is 5.43 Å². The highest BCUT2D eigenvalue weighted by Gasteiger charge is 2.25. The van der Waals surface area contributed by atoms with Crippen molar-refractivity contribution in [2.45, 2.75) is 12.8 Å². The van der Waals surface area contributed by atoms with Gasteiger partial charge in [-0.1, -0.05) is 12.1 Å². The van der Waals surface area contributed by atoms with Gasteiger partial charge in [0.15, 0.2) is 5.65 Å². The van der Waals surface area contributed by atoms with Crippen molar-refractivity contribution in [3.8, 4) is 0 Å². The molecule has 1 fully saturated rings. The monoisotopic (exact) mass is 517 g/mol. The Morgan fingerprint density at radius 1 is 1.08 bits per heavy atom. The molecule has 0 bridgehead atoms. The highest BCUT2D eigenvalue weighted by Crippen LogP contribution is 2.26. The maximum absolute atomic E-state index is 13.8. The smallest absolute Gasteiger partial charge is 0.259 e. The number of nitrogens with one attached hydrogen (secondary N) is 1.